The van der Waals surface area contributed by atoms with Crippen molar-refractivity contribution in [1.82, 2.24) is 15.3 Å². The first-order valence-electron chi connectivity index (χ1n) is 7.21. The van der Waals surface area contributed by atoms with Gasteiger partial charge in [0.05, 0.1) is 11.0 Å². The molecule has 0 fully saturated rings. The molecule has 0 spiro atoms. The zero-order chi connectivity index (χ0) is 13.7. The third-order valence-corrected chi connectivity index (χ3v) is 3.69. The van der Waals surface area contributed by atoms with E-state index in [1.165, 1.54) is 5.56 Å². The number of nitrogens with zero attached hydrogens (tertiary/aromatic N) is 2. The quantitative estimate of drug-likeness (QED) is 0.857. The van der Waals surface area contributed by atoms with Gasteiger partial charge < -0.3 is 5.32 Å². The van der Waals surface area contributed by atoms with Crippen molar-refractivity contribution in [3.63, 3.8) is 0 Å². The third-order valence-electron chi connectivity index (χ3n) is 3.69. The highest BCUT2D eigenvalue weighted by Crippen LogP contribution is 2.28. The van der Waals surface area contributed by atoms with Crippen LogP contribution < -0.4 is 5.32 Å². The Bertz CT molecular complexity index is 519. The lowest BCUT2D eigenvalue weighted by molar-refractivity contribution is 0.379. The predicted molar refractivity (Wildman–Crippen MR) is 80.0 cm³/mol. The first-order valence-corrected chi connectivity index (χ1v) is 7.21. The number of nitrogens with one attached hydrogen (secondary N) is 1. The molecular formula is C16H23N3. The molecule has 0 saturated carbocycles. The zero-order valence-electron chi connectivity index (χ0n) is 12.1. The van der Waals surface area contributed by atoms with Crippen molar-refractivity contribution in [3.05, 3.63) is 36.2 Å². The Morgan fingerprint density at radius 2 is 1.95 bits per heavy atom. The van der Waals surface area contributed by atoms with E-state index in [1.807, 2.05) is 6.07 Å². The molecule has 19 heavy (non-hydrogen) atoms. The molecule has 1 heterocycles. The molecule has 1 aromatic heterocycles. The van der Waals surface area contributed by atoms with Gasteiger partial charge in [-0.3, -0.25) is 9.97 Å². The highest BCUT2D eigenvalue weighted by Gasteiger charge is 2.19. The fraction of sp³-hybridized carbons (Fsp3) is 0.500. The monoisotopic (exact) mass is 257 g/mol. The Labute approximate surface area is 115 Å². The highest BCUT2D eigenvalue weighted by atomic mass is 14.9. The van der Waals surface area contributed by atoms with Crippen LogP contribution in [0.15, 0.2) is 30.6 Å². The van der Waals surface area contributed by atoms with E-state index >= 15 is 0 Å². The van der Waals surface area contributed by atoms with Gasteiger partial charge in [-0.1, -0.05) is 39.3 Å². The second kappa shape index (κ2) is 6.62. The number of benzene rings is 1. The van der Waals surface area contributed by atoms with Gasteiger partial charge in [0.25, 0.3) is 0 Å². The largest absolute Gasteiger partial charge is 0.310 e. The van der Waals surface area contributed by atoms with E-state index in [4.69, 9.17) is 0 Å². The number of rotatable bonds is 6. The summed E-state index contributed by atoms with van der Waals surface area (Å²) in [6, 6.07) is 6.64. The molecule has 0 amide bonds. The van der Waals surface area contributed by atoms with Gasteiger partial charge in [-0.2, -0.15) is 0 Å². The number of fused-ring (bicyclic) bond motifs is 1. The van der Waals surface area contributed by atoms with E-state index in [1.54, 1.807) is 12.4 Å². The van der Waals surface area contributed by atoms with E-state index in [-0.39, 0.29) is 0 Å². The van der Waals surface area contributed by atoms with E-state index in [9.17, 15) is 0 Å². The van der Waals surface area contributed by atoms with Gasteiger partial charge in [-0.25, -0.2) is 0 Å². The summed E-state index contributed by atoms with van der Waals surface area (Å²) in [5.41, 5.74) is 3.28. The SMILES string of the molecule is CCCNC(c1cccc2nccnc12)C(C)CC. The van der Waals surface area contributed by atoms with Crippen molar-refractivity contribution in [3.8, 4) is 0 Å². The van der Waals surface area contributed by atoms with Crippen LogP contribution in [0.3, 0.4) is 0 Å². The molecule has 0 radical (unpaired) electrons. The van der Waals surface area contributed by atoms with Crippen LogP contribution in [0, 0.1) is 5.92 Å². The lowest BCUT2D eigenvalue weighted by Gasteiger charge is -2.25. The van der Waals surface area contributed by atoms with Gasteiger partial charge in [0.15, 0.2) is 0 Å². The summed E-state index contributed by atoms with van der Waals surface area (Å²) in [7, 11) is 0. The standard InChI is InChI=1S/C16H23N3/c1-4-9-18-15(12(3)5-2)13-7-6-8-14-16(13)19-11-10-17-14/h6-8,10-12,15,18H,4-5,9H2,1-3H3. The molecule has 0 bridgehead atoms. The van der Waals surface area contributed by atoms with E-state index in [2.05, 4.69) is 48.2 Å². The van der Waals surface area contributed by atoms with Gasteiger partial charge in [-0.15, -0.1) is 0 Å². The molecule has 0 aliphatic heterocycles. The zero-order valence-corrected chi connectivity index (χ0v) is 12.1. The van der Waals surface area contributed by atoms with Crippen molar-refractivity contribution in [2.45, 2.75) is 39.7 Å². The fourth-order valence-corrected chi connectivity index (χ4v) is 2.42. The molecule has 0 aliphatic carbocycles. The molecule has 2 rings (SSSR count). The van der Waals surface area contributed by atoms with E-state index in [0.717, 1.165) is 30.4 Å². The molecule has 3 heteroatoms. The molecule has 2 aromatic rings. The molecule has 2 atom stereocenters. The van der Waals surface area contributed by atoms with Gasteiger partial charge in [-0.05, 0) is 30.5 Å². The van der Waals surface area contributed by atoms with Crippen molar-refractivity contribution >= 4 is 11.0 Å². The summed E-state index contributed by atoms with van der Waals surface area (Å²) in [6.07, 6.45) is 5.82. The lowest BCUT2D eigenvalue weighted by Crippen LogP contribution is -2.27. The summed E-state index contributed by atoms with van der Waals surface area (Å²) in [4.78, 5) is 8.92. The minimum Gasteiger partial charge on any atom is -0.310 e. The predicted octanol–water partition coefficient (Wildman–Crippen LogP) is 3.72. The van der Waals surface area contributed by atoms with Crippen LogP contribution in [0.4, 0.5) is 0 Å². The van der Waals surface area contributed by atoms with Crippen LogP contribution in [0.5, 0.6) is 0 Å². The maximum absolute atomic E-state index is 4.52. The summed E-state index contributed by atoms with van der Waals surface area (Å²) >= 11 is 0. The van der Waals surface area contributed by atoms with Gasteiger partial charge in [0.1, 0.15) is 0 Å². The lowest BCUT2D eigenvalue weighted by atomic mass is 9.91. The highest BCUT2D eigenvalue weighted by molar-refractivity contribution is 5.78. The summed E-state index contributed by atoms with van der Waals surface area (Å²) in [6.45, 7) is 7.76. The topological polar surface area (TPSA) is 37.8 Å². The third kappa shape index (κ3) is 3.10. The van der Waals surface area contributed by atoms with Crippen LogP contribution >= 0.6 is 0 Å². The Kier molecular flexibility index (Phi) is 4.86. The molecule has 1 aromatic carbocycles. The fourth-order valence-electron chi connectivity index (χ4n) is 2.42. The van der Waals surface area contributed by atoms with Gasteiger partial charge in [0, 0.05) is 18.4 Å². The van der Waals surface area contributed by atoms with Crippen LogP contribution in [0.2, 0.25) is 0 Å². The summed E-state index contributed by atoms with van der Waals surface area (Å²) in [5.74, 6) is 0.583. The van der Waals surface area contributed by atoms with Crippen molar-refractivity contribution in [2.24, 2.45) is 5.92 Å². The molecule has 102 valence electrons. The molecule has 2 unspecified atom stereocenters. The molecule has 3 nitrogen and oxygen atoms in total. The smallest absolute Gasteiger partial charge is 0.0934 e. The van der Waals surface area contributed by atoms with Crippen LogP contribution in [0.1, 0.15) is 45.2 Å². The second-order valence-electron chi connectivity index (χ2n) is 5.09. The second-order valence-corrected chi connectivity index (χ2v) is 5.09. The Morgan fingerprint density at radius 3 is 2.68 bits per heavy atom. The maximum atomic E-state index is 4.52. The van der Waals surface area contributed by atoms with Crippen LogP contribution in [-0.4, -0.2) is 16.5 Å². The average molecular weight is 257 g/mol. The first kappa shape index (κ1) is 13.9. The first-order chi connectivity index (χ1) is 9.27. The molecular weight excluding hydrogens is 234 g/mol. The minimum absolute atomic E-state index is 0.352. The molecule has 1 N–H and O–H groups in total. The number of para-hydroxylation sites is 1. The molecule has 0 aliphatic rings. The Balaban J connectivity index is 2.43. The maximum Gasteiger partial charge on any atom is 0.0934 e. The van der Waals surface area contributed by atoms with E-state index < -0.39 is 0 Å². The van der Waals surface area contributed by atoms with Crippen molar-refractivity contribution < 1.29 is 0 Å². The number of aromatic nitrogens is 2. The summed E-state index contributed by atoms with van der Waals surface area (Å²) in [5, 5.41) is 3.66. The van der Waals surface area contributed by atoms with Crippen LogP contribution in [-0.2, 0) is 0 Å². The minimum atomic E-state index is 0.352. The summed E-state index contributed by atoms with van der Waals surface area (Å²) < 4.78 is 0. The number of hydrogen-bond acceptors (Lipinski definition) is 3. The van der Waals surface area contributed by atoms with Crippen molar-refractivity contribution in [1.29, 1.82) is 0 Å². The van der Waals surface area contributed by atoms with Crippen LogP contribution in [0.25, 0.3) is 11.0 Å². The molecule has 0 saturated heterocycles. The normalized spacial score (nSPS) is 14.5. The number of hydrogen-bond donors (Lipinski definition) is 1. The average Bonchev–Trinajstić information content (AvgIpc) is 2.47. The van der Waals surface area contributed by atoms with E-state index in [0.29, 0.717) is 12.0 Å². The van der Waals surface area contributed by atoms with Gasteiger partial charge >= 0.3 is 0 Å². The van der Waals surface area contributed by atoms with Gasteiger partial charge in [0.2, 0.25) is 0 Å². The Hall–Kier alpha value is -1.48. The Morgan fingerprint density at radius 1 is 1.16 bits per heavy atom. The van der Waals surface area contributed by atoms with Crippen molar-refractivity contribution in [2.75, 3.05) is 6.54 Å².